The Morgan fingerprint density at radius 2 is 1.84 bits per heavy atom. The molecule has 2 aliphatic rings. The number of amides is 2. The first-order valence-corrected chi connectivity index (χ1v) is 10.2. The summed E-state index contributed by atoms with van der Waals surface area (Å²) in [4.78, 5) is 26.7. The molecule has 0 bridgehead atoms. The first-order chi connectivity index (χ1) is 14.9. The second-order valence-corrected chi connectivity index (χ2v) is 8.16. The van der Waals surface area contributed by atoms with E-state index in [9.17, 15) is 14.7 Å². The SMILES string of the molecule is CC(C)c1cccc(N2C(=O)c3ccccc3C2(O)c2ccc3c(c2)NC(=O)CO3)c1. The van der Waals surface area contributed by atoms with Crippen LogP contribution in [0, 0.1) is 0 Å². The molecule has 2 amide bonds. The van der Waals surface area contributed by atoms with E-state index in [1.165, 1.54) is 4.90 Å². The summed E-state index contributed by atoms with van der Waals surface area (Å²) in [5.74, 6) is 0.250. The molecule has 5 rings (SSSR count). The minimum atomic E-state index is -1.74. The number of nitrogens with zero attached hydrogens (tertiary/aromatic N) is 1. The molecule has 1 atom stereocenters. The Hall–Kier alpha value is -3.64. The van der Waals surface area contributed by atoms with Crippen molar-refractivity contribution in [3.63, 3.8) is 0 Å². The number of anilines is 2. The fourth-order valence-corrected chi connectivity index (χ4v) is 4.27. The number of benzene rings is 3. The van der Waals surface area contributed by atoms with Crippen LogP contribution in [0.25, 0.3) is 0 Å². The summed E-state index contributed by atoms with van der Waals surface area (Å²) < 4.78 is 5.46. The molecule has 6 nitrogen and oxygen atoms in total. The van der Waals surface area contributed by atoms with Crippen molar-refractivity contribution in [2.24, 2.45) is 0 Å². The van der Waals surface area contributed by atoms with E-state index in [0.717, 1.165) is 5.56 Å². The zero-order chi connectivity index (χ0) is 21.8. The van der Waals surface area contributed by atoms with Gasteiger partial charge >= 0.3 is 0 Å². The normalized spacial score (nSPS) is 19.7. The van der Waals surface area contributed by atoms with Gasteiger partial charge in [0.25, 0.3) is 11.8 Å². The zero-order valence-corrected chi connectivity index (χ0v) is 17.3. The van der Waals surface area contributed by atoms with Gasteiger partial charge in [-0.3, -0.25) is 14.5 Å². The van der Waals surface area contributed by atoms with Crippen molar-refractivity contribution >= 4 is 23.2 Å². The maximum Gasteiger partial charge on any atom is 0.262 e. The average Bonchev–Trinajstić information content (AvgIpc) is 3.01. The van der Waals surface area contributed by atoms with Gasteiger partial charge in [0.05, 0.1) is 5.69 Å². The number of rotatable bonds is 3. The van der Waals surface area contributed by atoms with Crippen LogP contribution in [0.4, 0.5) is 11.4 Å². The van der Waals surface area contributed by atoms with E-state index in [2.05, 4.69) is 19.2 Å². The van der Waals surface area contributed by atoms with Crippen molar-refractivity contribution in [3.05, 3.63) is 89.0 Å². The molecule has 2 heterocycles. The molecule has 0 radical (unpaired) electrons. The number of carbonyl (C=O) groups excluding carboxylic acids is 2. The summed E-state index contributed by atoms with van der Waals surface area (Å²) in [5.41, 5.74) is 1.80. The highest BCUT2D eigenvalue weighted by molar-refractivity contribution is 6.12. The standard InChI is InChI=1S/C25H22N2O4/c1-15(2)16-6-5-7-18(12-16)27-24(29)19-8-3-4-9-20(19)25(27,30)17-10-11-22-21(13-17)26-23(28)14-31-22/h3-13,15,30H,14H2,1-2H3,(H,26,28). The van der Waals surface area contributed by atoms with E-state index in [1.807, 2.05) is 24.3 Å². The van der Waals surface area contributed by atoms with E-state index < -0.39 is 5.72 Å². The van der Waals surface area contributed by atoms with Crippen LogP contribution >= 0.6 is 0 Å². The van der Waals surface area contributed by atoms with E-state index in [-0.39, 0.29) is 24.3 Å². The minimum Gasteiger partial charge on any atom is -0.482 e. The third kappa shape index (κ3) is 2.91. The molecule has 0 aromatic heterocycles. The summed E-state index contributed by atoms with van der Waals surface area (Å²) in [7, 11) is 0. The number of hydrogen-bond donors (Lipinski definition) is 2. The summed E-state index contributed by atoms with van der Waals surface area (Å²) in [6.45, 7) is 4.11. The summed E-state index contributed by atoms with van der Waals surface area (Å²) in [5, 5.41) is 14.9. The topological polar surface area (TPSA) is 78.9 Å². The van der Waals surface area contributed by atoms with Gasteiger partial charge in [0.2, 0.25) is 0 Å². The number of carbonyl (C=O) groups is 2. The van der Waals surface area contributed by atoms with Gasteiger partial charge in [-0.2, -0.15) is 0 Å². The predicted molar refractivity (Wildman–Crippen MR) is 117 cm³/mol. The van der Waals surface area contributed by atoms with Gasteiger partial charge < -0.3 is 15.2 Å². The van der Waals surface area contributed by atoms with Gasteiger partial charge in [-0.15, -0.1) is 0 Å². The van der Waals surface area contributed by atoms with Crippen LogP contribution in [0.5, 0.6) is 5.75 Å². The van der Waals surface area contributed by atoms with Crippen LogP contribution in [-0.2, 0) is 10.5 Å². The predicted octanol–water partition coefficient (Wildman–Crippen LogP) is 3.99. The smallest absolute Gasteiger partial charge is 0.262 e. The van der Waals surface area contributed by atoms with Crippen molar-refractivity contribution in [2.75, 3.05) is 16.8 Å². The second-order valence-electron chi connectivity index (χ2n) is 8.16. The lowest BCUT2D eigenvalue weighted by molar-refractivity contribution is -0.118. The lowest BCUT2D eigenvalue weighted by Gasteiger charge is -2.35. The minimum absolute atomic E-state index is 0.0496. The number of nitrogens with one attached hydrogen (secondary N) is 1. The van der Waals surface area contributed by atoms with E-state index in [1.54, 1.807) is 42.5 Å². The van der Waals surface area contributed by atoms with Crippen molar-refractivity contribution in [3.8, 4) is 5.75 Å². The monoisotopic (exact) mass is 414 g/mol. The Bertz CT molecular complexity index is 1220. The van der Waals surface area contributed by atoms with Gasteiger partial charge in [-0.25, -0.2) is 0 Å². The zero-order valence-electron chi connectivity index (χ0n) is 17.3. The fraction of sp³-hybridized carbons (Fsp3) is 0.200. The number of aliphatic hydroxyl groups is 1. The number of ether oxygens (including phenoxy) is 1. The highest BCUT2D eigenvalue weighted by atomic mass is 16.5. The molecule has 156 valence electrons. The van der Waals surface area contributed by atoms with Crippen LogP contribution in [0.1, 0.15) is 46.8 Å². The van der Waals surface area contributed by atoms with Crippen LogP contribution in [-0.4, -0.2) is 23.5 Å². The van der Waals surface area contributed by atoms with Gasteiger partial charge in [0.15, 0.2) is 12.3 Å². The van der Waals surface area contributed by atoms with Gasteiger partial charge in [-0.05, 0) is 47.9 Å². The van der Waals surface area contributed by atoms with Crippen molar-refractivity contribution in [2.45, 2.75) is 25.5 Å². The molecule has 0 fully saturated rings. The molecule has 3 aromatic rings. The molecule has 6 heteroatoms. The van der Waals surface area contributed by atoms with Crippen molar-refractivity contribution in [1.82, 2.24) is 0 Å². The van der Waals surface area contributed by atoms with E-state index in [4.69, 9.17) is 4.74 Å². The van der Waals surface area contributed by atoms with Gasteiger partial charge in [0.1, 0.15) is 5.75 Å². The summed E-state index contributed by atoms with van der Waals surface area (Å²) in [6, 6.07) is 19.8. The van der Waals surface area contributed by atoms with Crippen LogP contribution in [0.3, 0.4) is 0 Å². The molecule has 2 N–H and O–H groups in total. The molecule has 31 heavy (non-hydrogen) atoms. The van der Waals surface area contributed by atoms with Crippen molar-refractivity contribution < 1.29 is 19.4 Å². The average molecular weight is 414 g/mol. The number of hydrogen-bond acceptors (Lipinski definition) is 4. The van der Waals surface area contributed by atoms with Crippen LogP contribution < -0.4 is 15.0 Å². The first kappa shape index (κ1) is 19.3. The Morgan fingerprint density at radius 1 is 1.03 bits per heavy atom. The fourth-order valence-electron chi connectivity index (χ4n) is 4.27. The van der Waals surface area contributed by atoms with Crippen LogP contribution in [0.15, 0.2) is 66.7 Å². The van der Waals surface area contributed by atoms with Gasteiger partial charge in [-0.1, -0.05) is 44.2 Å². The summed E-state index contributed by atoms with van der Waals surface area (Å²) >= 11 is 0. The lowest BCUT2D eigenvalue weighted by Crippen LogP contribution is -2.45. The lowest BCUT2D eigenvalue weighted by atomic mass is 9.92. The van der Waals surface area contributed by atoms with Crippen LogP contribution in [0.2, 0.25) is 0 Å². The Morgan fingerprint density at radius 3 is 2.65 bits per heavy atom. The largest absolute Gasteiger partial charge is 0.482 e. The van der Waals surface area contributed by atoms with Gasteiger partial charge in [0, 0.05) is 22.4 Å². The maximum atomic E-state index is 13.5. The quantitative estimate of drug-likeness (QED) is 0.679. The molecular weight excluding hydrogens is 392 g/mol. The highest BCUT2D eigenvalue weighted by Crippen LogP contribution is 2.46. The first-order valence-electron chi connectivity index (χ1n) is 10.2. The molecule has 1 unspecified atom stereocenters. The molecule has 0 aliphatic carbocycles. The Kier molecular flexibility index (Phi) is 4.34. The Balaban J connectivity index is 1.72. The Labute approximate surface area is 180 Å². The van der Waals surface area contributed by atoms with Crippen molar-refractivity contribution in [1.29, 1.82) is 0 Å². The highest BCUT2D eigenvalue weighted by Gasteiger charge is 2.51. The summed E-state index contributed by atoms with van der Waals surface area (Å²) in [6.07, 6.45) is 0. The maximum absolute atomic E-state index is 13.5. The molecule has 0 saturated heterocycles. The molecule has 0 saturated carbocycles. The molecule has 2 aliphatic heterocycles. The third-order valence-corrected chi connectivity index (χ3v) is 5.87. The van der Waals surface area contributed by atoms with E-state index >= 15 is 0 Å². The third-order valence-electron chi connectivity index (χ3n) is 5.87. The molecule has 3 aromatic carbocycles. The second kappa shape index (κ2) is 6.96. The number of fused-ring (bicyclic) bond motifs is 2. The van der Waals surface area contributed by atoms with E-state index in [0.29, 0.717) is 33.8 Å². The molecule has 0 spiro atoms. The molecular formula is C25H22N2O4.